The minimum absolute atomic E-state index is 0. The summed E-state index contributed by atoms with van der Waals surface area (Å²) in [6.07, 6.45) is 5.09. The van der Waals surface area contributed by atoms with Crippen LogP contribution in [-0.2, 0) is 13.1 Å². The Hall–Kier alpha value is -1.91. The van der Waals surface area contributed by atoms with E-state index in [1.807, 2.05) is 25.1 Å². The van der Waals surface area contributed by atoms with Crippen molar-refractivity contribution in [2.24, 2.45) is 10.9 Å². The highest BCUT2D eigenvalue weighted by Crippen LogP contribution is 2.30. The molecule has 1 aliphatic rings. The third-order valence-corrected chi connectivity index (χ3v) is 4.44. The van der Waals surface area contributed by atoms with Gasteiger partial charge in [-0.15, -0.1) is 24.0 Å². The van der Waals surface area contributed by atoms with Crippen LogP contribution in [-0.4, -0.2) is 29.2 Å². The predicted octanol–water partition coefficient (Wildman–Crippen LogP) is 3.86. The molecule has 0 unspecified atom stereocenters. The van der Waals surface area contributed by atoms with E-state index in [2.05, 4.69) is 20.6 Å². The predicted molar refractivity (Wildman–Crippen MR) is 115 cm³/mol. The SMILES string of the molecule is CN=C(NCc1ccc(C)cc1OCC1CC1)NCc1nccn1C(F)F.I. The highest BCUT2D eigenvalue weighted by atomic mass is 127. The molecular formula is C19H26F2IN5O. The lowest BCUT2D eigenvalue weighted by molar-refractivity contribution is 0.0668. The maximum absolute atomic E-state index is 12.9. The zero-order chi connectivity index (χ0) is 19.2. The molecule has 9 heteroatoms. The molecule has 0 saturated heterocycles. The first-order valence-electron chi connectivity index (χ1n) is 9.03. The Morgan fingerprint density at radius 2 is 2.07 bits per heavy atom. The average molecular weight is 505 g/mol. The van der Waals surface area contributed by atoms with E-state index in [1.165, 1.54) is 25.2 Å². The third-order valence-electron chi connectivity index (χ3n) is 4.44. The second-order valence-corrected chi connectivity index (χ2v) is 6.67. The number of rotatable bonds is 8. The summed E-state index contributed by atoms with van der Waals surface area (Å²) in [5.41, 5.74) is 2.17. The quantitative estimate of drug-likeness (QED) is 0.325. The first kappa shape index (κ1) is 22.4. The topological polar surface area (TPSA) is 63.5 Å². The second kappa shape index (κ2) is 10.6. The Balaban J connectivity index is 0.00000280. The van der Waals surface area contributed by atoms with Crippen LogP contribution in [0, 0.1) is 12.8 Å². The summed E-state index contributed by atoms with van der Waals surface area (Å²) in [6.45, 7) is 0.837. The zero-order valence-electron chi connectivity index (χ0n) is 16.0. The standard InChI is InChI=1S/C19H25F2N5O.HI/c1-13-3-6-15(16(9-13)27-12-14-4-5-14)10-24-19(22-2)25-11-17-23-7-8-26(17)18(20)21;/h3,6-9,14,18H,4-5,10-12H2,1-2H3,(H2,22,24,25);1H. The molecule has 1 aromatic carbocycles. The van der Waals surface area contributed by atoms with E-state index < -0.39 is 6.55 Å². The number of imidazole rings is 1. The van der Waals surface area contributed by atoms with Gasteiger partial charge in [-0.1, -0.05) is 12.1 Å². The van der Waals surface area contributed by atoms with Gasteiger partial charge in [-0.25, -0.2) is 4.98 Å². The number of benzene rings is 1. The van der Waals surface area contributed by atoms with Crippen LogP contribution in [0.15, 0.2) is 35.6 Å². The number of nitrogens with one attached hydrogen (secondary N) is 2. The monoisotopic (exact) mass is 505 g/mol. The van der Waals surface area contributed by atoms with Gasteiger partial charge in [-0.3, -0.25) is 9.56 Å². The summed E-state index contributed by atoms with van der Waals surface area (Å²) in [4.78, 5) is 8.09. The van der Waals surface area contributed by atoms with E-state index in [9.17, 15) is 8.78 Å². The Labute approximate surface area is 180 Å². The minimum Gasteiger partial charge on any atom is -0.493 e. The van der Waals surface area contributed by atoms with Gasteiger partial charge in [0.25, 0.3) is 0 Å². The van der Waals surface area contributed by atoms with Gasteiger partial charge >= 0.3 is 6.55 Å². The highest BCUT2D eigenvalue weighted by molar-refractivity contribution is 14.0. The van der Waals surface area contributed by atoms with Crippen LogP contribution in [0.25, 0.3) is 0 Å². The van der Waals surface area contributed by atoms with Crippen LogP contribution >= 0.6 is 24.0 Å². The van der Waals surface area contributed by atoms with Gasteiger partial charge in [0.2, 0.25) is 0 Å². The van der Waals surface area contributed by atoms with Crippen LogP contribution in [0.4, 0.5) is 8.78 Å². The summed E-state index contributed by atoms with van der Waals surface area (Å²) in [5.74, 6) is 2.31. The number of aryl methyl sites for hydroxylation is 1. The van der Waals surface area contributed by atoms with E-state index in [0.717, 1.165) is 28.1 Å². The molecule has 1 fully saturated rings. The molecule has 0 radical (unpaired) electrons. The lowest BCUT2D eigenvalue weighted by Crippen LogP contribution is -2.37. The van der Waals surface area contributed by atoms with E-state index in [1.54, 1.807) is 7.05 Å². The van der Waals surface area contributed by atoms with E-state index in [4.69, 9.17) is 4.74 Å². The van der Waals surface area contributed by atoms with Gasteiger partial charge in [0.15, 0.2) is 5.96 Å². The maximum atomic E-state index is 12.9. The van der Waals surface area contributed by atoms with Crippen LogP contribution in [0.3, 0.4) is 0 Å². The van der Waals surface area contributed by atoms with Crippen molar-refractivity contribution in [1.29, 1.82) is 0 Å². The summed E-state index contributed by atoms with van der Waals surface area (Å²) in [6, 6.07) is 6.10. The van der Waals surface area contributed by atoms with Crippen molar-refractivity contribution in [3.05, 3.63) is 47.5 Å². The van der Waals surface area contributed by atoms with Crippen LogP contribution in [0.2, 0.25) is 0 Å². The van der Waals surface area contributed by atoms with Crippen LogP contribution < -0.4 is 15.4 Å². The Morgan fingerprint density at radius 3 is 2.75 bits per heavy atom. The molecule has 0 amide bonds. The van der Waals surface area contributed by atoms with Crippen molar-refractivity contribution in [3.8, 4) is 5.75 Å². The molecule has 1 saturated carbocycles. The molecule has 0 spiro atoms. The molecular weight excluding hydrogens is 479 g/mol. The Morgan fingerprint density at radius 1 is 1.32 bits per heavy atom. The number of guanidine groups is 1. The summed E-state index contributed by atoms with van der Waals surface area (Å²) >= 11 is 0. The fourth-order valence-corrected chi connectivity index (χ4v) is 2.66. The van der Waals surface area contributed by atoms with Gasteiger partial charge in [0, 0.05) is 31.5 Å². The average Bonchev–Trinajstić information content (AvgIpc) is 3.36. The summed E-state index contributed by atoms with van der Waals surface area (Å²) in [5, 5.41) is 6.20. The molecule has 28 heavy (non-hydrogen) atoms. The lowest BCUT2D eigenvalue weighted by atomic mass is 10.1. The number of aliphatic imine (C=N–C) groups is 1. The molecule has 0 aliphatic heterocycles. The molecule has 0 bridgehead atoms. The van der Waals surface area contributed by atoms with Gasteiger partial charge < -0.3 is 15.4 Å². The largest absolute Gasteiger partial charge is 0.493 e. The molecule has 6 nitrogen and oxygen atoms in total. The smallest absolute Gasteiger partial charge is 0.319 e. The van der Waals surface area contributed by atoms with Crippen molar-refractivity contribution < 1.29 is 13.5 Å². The Kier molecular flexibility index (Phi) is 8.46. The number of nitrogens with zero attached hydrogens (tertiary/aromatic N) is 3. The van der Waals surface area contributed by atoms with Gasteiger partial charge in [-0.05, 0) is 37.3 Å². The number of alkyl halides is 2. The van der Waals surface area contributed by atoms with Gasteiger partial charge in [0.1, 0.15) is 11.6 Å². The van der Waals surface area contributed by atoms with Crippen molar-refractivity contribution >= 4 is 29.9 Å². The number of hydrogen-bond acceptors (Lipinski definition) is 3. The van der Waals surface area contributed by atoms with E-state index in [0.29, 0.717) is 18.4 Å². The highest BCUT2D eigenvalue weighted by Gasteiger charge is 2.22. The van der Waals surface area contributed by atoms with Crippen molar-refractivity contribution in [1.82, 2.24) is 20.2 Å². The van der Waals surface area contributed by atoms with E-state index >= 15 is 0 Å². The molecule has 3 rings (SSSR count). The Bertz CT molecular complexity index is 792. The molecule has 1 aliphatic carbocycles. The molecule has 154 valence electrons. The van der Waals surface area contributed by atoms with Crippen LogP contribution in [0.5, 0.6) is 5.75 Å². The van der Waals surface area contributed by atoms with Crippen molar-refractivity contribution in [3.63, 3.8) is 0 Å². The number of halogens is 3. The first-order chi connectivity index (χ1) is 13.1. The zero-order valence-corrected chi connectivity index (χ0v) is 18.3. The normalized spacial score (nSPS) is 14.0. The summed E-state index contributed by atoms with van der Waals surface area (Å²) in [7, 11) is 1.63. The molecule has 1 aromatic heterocycles. The molecule has 2 aromatic rings. The van der Waals surface area contributed by atoms with Gasteiger partial charge in [0.05, 0.1) is 13.2 Å². The van der Waals surface area contributed by atoms with Crippen molar-refractivity contribution in [2.45, 2.75) is 39.4 Å². The third kappa shape index (κ3) is 6.32. The minimum atomic E-state index is -2.61. The second-order valence-electron chi connectivity index (χ2n) is 6.67. The lowest BCUT2D eigenvalue weighted by Gasteiger charge is -2.15. The molecule has 2 N–H and O–H groups in total. The summed E-state index contributed by atoms with van der Waals surface area (Å²) < 4.78 is 32.6. The fraction of sp³-hybridized carbons (Fsp3) is 0.474. The van der Waals surface area contributed by atoms with Crippen molar-refractivity contribution in [2.75, 3.05) is 13.7 Å². The first-order valence-corrected chi connectivity index (χ1v) is 9.03. The van der Waals surface area contributed by atoms with Crippen LogP contribution in [0.1, 0.15) is 36.3 Å². The number of aromatic nitrogens is 2. The maximum Gasteiger partial charge on any atom is 0.319 e. The molecule has 1 heterocycles. The van der Waals surface area contributed by atoms with Gasteiger partial charge in [-0.2, -0.15) is 8.78 Å². The number of ether oxygens (including phenoxy) is 1. The van der Waals surface area contributed by atoms with E-state index in [-0.39, 0.29) is 36.3 Å². The number of hydrogen-bond donors (Lipinski definition) is 2. The fourth-order valence-electron chi connectivity index (χ4n) is 2.66. The molecule has 0 atom stereocenters.